The van der Waals surface area contributed by atoms with E-state index in [1.807, 2.05) is 12.1 Å². The van der Waals surface area contributed by atoms with E-state index >= 15 is 0 Å². The number of carboxylic acid groups (broad SMARTS) is 1. The van der Waals surface area contributed by atoms with E-state index in [1.54, 1.807) is 0 Å². The van der Waals surface area contributed by atoms with Crippen LogP contribution in [0.5, 0.6) is 0 Å². The summed E-state index contributed by atoms with van der Waals surface area (Å²) >= 11 is 0. The van der Waals surface area contributed by atoms with Gasteiger partial charge in [0.25, 0.3) is 0 Å². The molecule has 0 saturated heterocycles. The van der Waals surface area contributed by atoms with Gasteiger partial charge < -0.3 is 15.2 Å². The van der Waals surface area contributed by atoms with Crippen LogP contribution in [0.15, 0.2) is 24.3 Å². The molecule has 1 N–H and O–H groups in total. The molecule has 4 heteroatoms. The Morgan fingerprint density at radius 1 is 1.11 bits per heavy atom. The van der Waals surface area contributed by atoms with E-state index in [4.69, 9.17) is 0 Å². The molecule has 0 radical (unpaired) electrons. The number of carbonyl (C=O) groups excluding carboxylic acids is 2. The van der Waals surface area contributed by atoms with Crippen LogP contribution in [0.3, 0.4) is 0 Å². The first kappa shape index (κ1) is 14.2. The Morgan fingerprint density at radius 2 is 1.72 bits per heavy atom. The van der Waals surface area contributed by atoms with Crippen molar-refractivity contribution in [3.05, 3.63) is 35.4 Å². The molecule has 0 heterocycles. The van der Waals surface area contributed by atoms with Gasteiger partial charge in [0.05, 0.1) is 0 Å². The molecule has 0 bridgehead atoms. The minimum absolute atomic E-state index is 0.0168. The van der Waals surface area contributed by atoms with E-state index in [0.717, 1.165) is 18.4 Å². The number of amides is 1. The Bertz CT molecular complexity index is 398. The smallest absolute Gasteiger partial charge is 0.220 e. The molecule has 98 valence electrons. The molecule has 0 aliphatic rings. The maximum absolute atomic E-state index is 11.2. The second kappa shape index (κ2) is 7.48. The molecule has 0 spiro atoms. The zero-order valence-electron chi connectivity index (χ0n) is 10.6. The molecule has 0 saturated carbocycles. The lowest BCUT2D eigenvalue weighted by molar-refractivity contribution is -0.305. The number of carboxylic acids is 1. The van der Waals surface area contributed by atoms with E-state index < -0.39 is 5.97 Å². The molecule has 4 nitrogen and oxygen atoms in total. The molecule has 1 amide bonds. The maximum Gasteiger partial charge on any atom is 0.220 e. The Balaban J connectivity index is 2.24. The Labute approximate surface area is 107 Å². The molecular formula is C14H18NO3-. The summed E-state index contributed by atoms with van der Waals surface area (Å²) in [4.78, 5) is 21.4. The SMILES string of the molecule is CCc1ccc(CCNC(=O)CCC(=O)[O-])cc1. The van der Waals surface area contributed by atoms with Gasteiger partial charge in [0.2, 0.25) is 5.91 Å². The summed E-state index contributed by atoms with van der Waals surface area (Å²) in [6.07, 6.45) is 1.52. The summed E-state index contributed by atoms with van der Waals surface area (Å²) in [7, 11) is 0. The molecule has 0 atom stereocenters. The summed E-state index contributed by atoms with van der Waals surface area (Å²) in [5.74, 6) is -1.44. The second-order valence-corrected chi connectivity index (χ2v) is 4.14. The molecule has 0 aliphatic heterocycles. The van der Waals surface area contributed by atoms with Crippen molar-refractivity contribution in [1.82, 2.24) is 5.32 Å². The largest absolute Gasteiger partial charge is 0.550 e. The molecule has 0 fully saturated rings. The van der Waals surface area contributed by atoms with Crippen LogP contribution in [-0.4, -0.2) is 18.4 Å². The molecule has 1 aromatic carbocycles. The highest BCUT2D eigenvalue weighted by molar-refractivity contribution is 5.79. The first-order chi connectivity index (χ1) is 8.61. The van der Waals surface area contributed by atoms with Gasteiger partial charge in [-0.2, -0.15) is 0 Å². The normalized spacial score (nSPS) is 10.1. The van der Waals surface area contributed by atoms with E-state index in [2.05, 4.69) is 24.4 Å². The predicted octanol–water partition coefficient (Wildman–Crippen LogP) is 0.438. The van der Waals surface area contributed by atoms with Gasteiger partial charge in [-0.3, -0.25) is 4.79 Å². The van der Waals surface area contributed by atoms with E-state index in [0.29, 0.717) is 6.54 Å². The number of hydrogen-bond acceptors (Lipinski definition) is 3. The molecule has 18 heavy (non-hydrogen) atoms. The molecule has 1 rings (SSSR count). The lowest BCUT2D eigenvalue weighted by Gasteiger charge is -2.06. The van der Waals surface area contributed by atoms with E-state index in [1.165, 1.54) is 5.56 Å². The zero-order chi connectivity index (χ0) is 13.4. The monoisotopic (exact) mass is 248 g/mol. The fraction of sp³-hybridized carbons (Fsp3) is 0.429. The molecular weight excluding hydrogens is 230 g/mol. The highest BCUT2D eigenvalue weighted by Crippen LogP contribution is 2.05. The van der Waals surface area contributed by atoms with Gasteiger partial charge in [-0.25, -0.2) is 0 Å². The van der Waals surface area contributed by atoms with Crippen LogP contribution in [0.1, 0.15) is 30.9 Å². The average Bonchev–Trinajstić information content (AvgIpc) is 2.37. The third-order valence-electron chi connectivity index (χ3n) is 2.72. The number of nitrogens with one attached hydrogen (secondary N) is 1. The summed E-state index contributed by atoms with van der Waals surface area (Å²) < 4.78 is 0. The number of aryl methyl sites for hydroxylation is 1. The average molecular weight is 248 g/mol. The van der Waals surface area contributed by atoms with Gasteiger partial charge in [-0.15, -0.1) is 0 Å². The number of aliphatic carboxylic acids is 1. The minimum atomic E-state index is -1.19. The highest BCUT2D eigenvalue weighted by atomic mass is 16.4. The van der Waals surface area contributed by atoms with Crippen LogP contribution in [-0.2, 0) is 22.4 Å². The van der Waals surface area contributed by atoms with Crippen molar-refractivity contribution in [3.63, 3.8) is 0 Å². The highest BCUT2D eigenvalue weighted by Gasteiger charge is 2.01. The van der Waals surface area contributed by atoms with Crippen LogP contribution < -0.4 is 10.4 Å². The lowest BCUT2D eigenvalue weighted by Crippen LogP contribution is -2.29. The number of hydrogen-bond donors (Lipinski definition) is 1. The second-order valence-electron chi connectivity index (χ2n) is 4.14. The van der Waals surface area contributed by atoms with Gasteiger partial charge >= 0.3 is 0 Å². The maximum atomic E-state index is 11.2. The topological polar surface area (TPSA) is 69.2 Å². The van der Waals surface area contributed by atoms with Crippen LogP contribution in [0, 0.1) is 0 Å². The first-order valence-corrected chi connectivity index (χ1v) is 6.16. The third-order valence-corrected chi connectivity index (χ3v) is 2.72. The zero-order valence-corrected chi connectivity index (χ0v) is 10.6. The fourth-order valence-electron chi connectivity index (χ4n) is 1.59. The van der Waals surface area contributed by atoms with Gasteiger partial charge in [0.15, 0.2) is 0 Å². The van der Waals surface area contributed by atoms with Gasteiger partial charge in [-0.05, 0) is 30.4 Å². The number of benzene rings is 1. The van der Waals surface area contributed by atoms with Crippen LogP contribution >= 0.6 is 0 Å². The predicted molar refractivity (Wildman–Crippen MR) is 66.8 cm³/mol. The Kier molecular flexibility index (Phi) is 5.91. The Hall–Kier alpha value is -1.84. The van der Waals surface area contributed by atoms with Crippen molar-refractivity contribution in [1.29, 1.82) is 0 Å². The van der Waals surface area contributed by atoms with Crippen molar-refractivity contribution in [2.75, 3.05) is 6.54 Å². The van der Waals surface area contributed by atoms with Gasteiger partial charge in [-0.1, -0.05) is 31.2 Å². The van der Waals surface area contributed by atoms with Crippen molar-refractivity contribution in [3.8, 4) is 0 Å². The van der Waals surface area contributed by atoms with Crippen molar-refractivity contribution >= 4 is 11.9 Å². The summed E-state index contributed by atoms with van der Waals surface area (Å²) in [5.41, 5.74) is 2.45. The third kappa shape index (κ3) is 5.48. The van der Waals surface area contributed by atoms with E-state index in [-0.39, 0.29) is 18.7 Å². The lowest BCUT2D eigenvalue weighted by atomic mass is 10.1. The van der Waals surface area contributed by atoms with Gasteiger partial charge in [0.1, 0.15) is 0 Å². The Morgan fingerprint density at radius 3 is 2.28 bits per heavy atom. The number of rotatable bonds is 7. The van der Waals surface area contributed by atoms with Crippen molar-refractivity contribution < 1.29 is 14.7 Å². The van der Waals surface area contributed by atoms with Gasteiger partial charge in [0, 0.05) is 18.9 Å². The molecule has 0 aliphatic carbocycles. The summed E-state index contributed by atoms with van der Waals surface area (Å²) in [5, 5.41) is 12.9. The molecule has 1 aromatic rings. The van der Waals surface area contributed by atoms with Crippen LogP contribution in [0.4, 0.5) is 0 Å². The minimum Gasteiger partial charge on any atom is -0.550 e. The number of carbonyl (C=O) groups is 2. The standard InChI is InChI=1S/C14H19NO3/c1-2-11-3-5-12(6-4-11)9-10-15-13(16)7-8-14(17)18/h3-6H,2,7-10H2,1H3,(H,15,16)(H,17,18)/p-1. The van der Waals surface area contributed by atoms with Crippen molar-refractivity contribution in [2.45, 2.75) is 32.6 Å². The quantitative estimate of drug-likeness (QED) is 0.761. The first-order valence-electron chi connectivity index (χ1n) is 6.16. The molecule has 0 aromatic heterocycles. The van der Waals surface area contributed by atoms with Crippen LogP contribution in [0.25, 0.3) is 0 Å². The van der Waals surface area contributed by atoms with Crippen LogP contribution in [0.2, 0.25) is 0 Å². The summed E-state index contributed by atoms with van der Waals surface area (Å²) in [6, 6.07) is 8.25. The summed E-state index contributed by atoms with van der Waals surface area (Å²) in [6.45, 7) is 2.63. The molecule has 0 unspecified atom stereocenters. The van der Waals surface area contributed by atoms with E-state index in [9.17, 15) is 14.7 Å². The fourth-order valence-corrected chi connectivity index (χ4v) is 1.59. The van der Waals surface area contributed by atoms with Crippen molar-refractivity contribution in [2.24, 2.45) is 0 Å².